The van der Waals surface area contributed by atoms with Crippen LogP contribution in [0.4, 0.5) is 5.69 Å². The van der Waals surface area contributed by atoms with Gasteiger partial charge in [-0.25, -0.2) is 4.79 Å². The molecule has 1 aromatic rings. The normalized spacial score (nSPS) is 17.2. The lowest BCUT2D eigenvalue weighted by Gasteiger charge is -2.14. The van der Waals surface area contributed by atoms with Crippen molar-refractivity contribution >= 4 is 23.5 Å². The number of methoxy groups -OCH3 is 1. The van der Waals surface area contributed by atoms with Crippen LogP contribution in [0.1, 0.15) is 35.7 Å². The van der Waals surface area contributed by atoms with Crippen molar-refractivity contribution in [3.8, 4) is 0 Å². The zero-order chi connectivity index (χ0) is 15.4. The highest BCUT2D eigenvalue weighted by molar-refractivity contribution is 5.99. The number of nitrogens with one attached hydrogen (secondary N) is 2. The van der Waals surface area contributed by atoms with Crippen LogP contribution < -0.4 is 10.6 Å². The smallest absolute Gasteiger partial charge is 0.337 e. The van der Waals surface area contributed by atoms with Gasteiger partial charge in [-0.3, -0.25) is 9.59 Å². The topological polar surface area (TPSA) is 84.5 Å². The molecule has 1 aromatic carbocycles. The molecule has 1 aliphatic rings. The van der Waals surface area contributed by atoms with Crippen molar-refractivity contribution < 1.29 is 19.1 Å². The van der Waals surface area contributed by atoms with Gasteiger partial charge in [0.2, 0.25) is 11.8 Å². The van der Waals surface area contributed by atoms with E-state index in [1.54, 1.807) is 25.1 Å². The first-order valence-corrected chi connectivity index (χ1v) is 6.86. The van der Waals surface area contributed by atoms with Crippen molar-refractivity contribution in [1.29, 1.82) is 0 Å². The van der Waals surface area contributed by atoms with Gasteiger partial charge < -0.3 is 15.4 Å². The summed E-state index contributed by atoms with van der Waals surface area (Å²) in [5.41, 5.74) is 1.97. The molecule has 1 unspecified atom stereocenters. The lowest BCUT2D eigenvalue weighted by molar-refractivity contribution is -0.126. The monoisotopic (exact) mass is 290 g/mol. The van der Waals surface area contributed by atoms with Crippen LogP contribution in [0.3, 0.4) is 0 Å². The van der Waals surface area contributed by atoms with Crippen LogP contribution in [0.25, 0.3) is 0 Å². The Bertz CT molecular complexity index is 583. The van der Waals surface area contributed by atoms with E-state index in [1.807, 2.05) is 0 Å². The highest BCUT2D eigenvalue weighted by atomic mass is 16.5. The summed E-state index contributed by atoms with van der Waals surface area (Å²) in [7, 11) is 1.33. The molecule has 2 N–H and O–H groups in total. The molecule has 6 heteroatoms. The molecule has 0 spiro atoms. The second-order valence-electron chi connectivity index (χ2n) is 4.87. The SMILES string of the molecule is CCC(=O)NC1CCc2cc(C(=O)OC)ccc2NC1=O. The van der Waals surface area contributed by atoms with E-state index in [1.165, 1.54) is 7.11 Å². The number of rotatable bonds is 3. The van der Waals surface area contributed by atoms with E-state index in [2.05, 4.69) is 15.4 Å². The molecule has 1 atom stereocenters. The van der Waals surface area contributed by atoms with Crippen molar-refractivity contribution in [2.75, 3.05) is 12.4 Å². The molecule has 1 heterocycles. The van der Waals surface area contributed by atoms with E-state index in [0.717, 1.165) is 5.56 Å². The van der Waals surface area contributed by atoms with Gasteiger partial charge in [0.25, 0.3) is 0 Å². The number of hydrogen-bond donors (Lipinski definition) is 2. The predicted molar refractivity (Wildman–Crippen MR) is 77.0 cm³/mol. The Balaban J connectivity index is 2.19. The Hall–Kier alpha value is -2.37. The molecule has 21 heavy (non-hydrogen) atoms. The third kappa shape index (κ3) is 3.39. The number of benzene rings is 1. The Morgan fingerprint density at radius 3 is 2.86 bits per heavy atom. The molecule has 1 aliphatic heterocycles. The van der Waals surface area contributed by atoms with Gasteiger partial charge >= 0.3 is 5.97 Å². The van der Waals surface area contributed by atoms with Crippen molar-refractivity contribution in [3.63, 3.8) is 0 Å². The van der Waals surface area contributed by atoms with Crippen LogP contribution in [0.5, 0.6) is 0 Å². The van der Waals surface area contributed by atoms with Gasteiger partial charge in [0.1, 0.15) is 6.04 Å². The Morgan fingerprint density at radius 2 is 2.19 bits per heavy atom. The van der Waals surface area contributed by atoms with Crippen molar-refractivity contribution in [3.05, 3.63) is 29.3 Å². The molecule has 0 saturated heterocycles. The molecule has 0 saturated carbocycles. The summed E-state index contributed by atoms with van der Waals surface area (Å²) in [6.45, 7) is 1.74. The molecular weight excluding hydrogens is 272 g/mol. The molecule has 2 rings (SSSR count). The fraction of sp³-hybridized carbons (Fsp3) is 0.400. The third-order valence-corrected chi connectivity index (χ3v) is 3.46. The maximum absolute atomic E-state index is 12.1. The van der Waals surface area contributed by atoms with Crippen LogP contribution in [0.2, 0.25) is 0 Å². The Morgan fingerprint density at radius 1 is 1.43 bits per heavy atom. The number of aryl methyl sites for hydroxylation is 1. The number of ether oxygens (including phenoxy) is 1. The standard InChI is InChI=1S/C15H18N2O4/c1-3-13(18)16-12-7-4-9-8-10(15(20)21-2)5-6-11(9)17-14(12)19/h5-6,8,12H,3-4,7H2,1-2H3,(H,16,18)(H,17,19). The third-order valence-electron chi connectivity index (χ3n) is 3.46. The summed E-state index contributed by atoms with van der Waals surface area (Å²) in [5, 5.41) is 5.48. The van der Waals surface area contributed by atoms with Crippen LogP contribution in [0.15, 0.2) is 18.2 Å². The molecule has 0 bridgehead atoms. The summed E-state index contributed by atoms with van der Waals surface area (Å²) in [6, 6.07) is 4.46. The minimum Gasteiger partial charge on any atom is -0.465 e. The molecule has 0 aliphatic carbocycles. The molecular formula is C15H18N2O4. The molecule has 0 radical (unpaired) electrons. The van der Waals surface area contributed by atoms with Crippen molar-refractivity contribution in [2.45, 2.75) is 32.2 Å². The van der Waals surface area contributed by atoms with E-state index < -0.39 is 12.0 Å². The molecule has 0 aromatic heterocycles. The minimum absolute atomic E-state index is 0.156. The first kappa shape index (κ1) is 15.0. The first-order valence-electron chi connectivity index (χ1n) is 6.86. The minimum atomic E-state index is -0.550. The van der Waals surface area contributed by atoms with Crippen LogP contribution in [0, 0.1) is 0 Å². The second kappa shape index (κ2) is 6.39. The number of hydrogen-bond acceptors (Lipinski definition) is 4. The average Bonchev–Trinajstić information content (AvgIpc) is 2.65. The number of fused-ring (bicyclic) bond motifs is 1. The van der Waals surface area contributed by atoms with Gasteiger partial charge in [-0.2, -0.15) is 0 Å². The van der Waals surface area contributed by atoms with Crippen LogP contribution in [-0.2, 0) is 20.7 Å². The van der Waals surface area contributed by atoms with E-state index in [0.29, 0.717) is 30.5 Å². The number of amides is 2. The quantitative estimate of drug-likeness (QED) is 0.821. The summed E-state index contributed by atoms with van der Waals surface area (Å²) >= 11 is 0. The predicted octanol–water partition coefficient (Wildman–Crippen LogP) is 1.25. The average molecular weight is 290 g/mol. The largest absolute Gasteiger partial charge is 0.465 e. The van der Waals surface area contributed by atoms with Gasteiger partial charge in [0, 0.05) is 12.1 Å². The van der Waals surface area contributed by atoms with E-state index in [9.17, 15) is 14.4 Å². The number of esters is 1. The van der Waals surface area contributed by atoms with Crippen LogP contribution >= 0.6 is 0 Å². The molecule has 0 fully saturated rings. The Labute approximate surface area is 122 Å². The molecule has 2 amide bonds. The lowest BCUT2D eigenvalue weighted by atomic mass is 10.0. The fourth-order valence-corrected chi connectivity index (χ4v) is 2.25. The second-order valence-corrected chi connectivity index (χ2v) is 4.87. The lowest BCUT2D eigenvalue weighted by Crippen LogP contribution is -2.42. The van der Waals surface area contributed by atoms with Crippen LogP contribution in [-0.4, -0.2) is 30.9 Å². The van der Waals surface area contributed by atoms with Gasteiger partial charge in [0.15, 0.2) is 0 Å². The maximum atomic E-state index is 12.1. The summed E-state index contributed by atoms with van der Waals surface area (Å²) in [6.07, 6.45) is 1.42. The van der Waals surface area contributed by atoms with E-state index in [4.69, 9.17) is 0 Å². The van der Waals surface area contributed by atoms with Crippen molar-refractivity contribution in [2.24, 2.45) is 0 Å². The molecule has 6 nitrogen and oxygen atoms in total. The fourth-order valence-electron chi connectivity index (χ4n) is 2.25. The molecule has 112 valence electrons. The highest BCUT2D eigenvalue weighted by Gasteiger charge is 2.25. The van der Waals surface area contributed by atoms with Gasteiger partial charge in [-0.05, 0) is 36.6 Å². The number of carbonyl (C=O) groups is 3. The number of carbonyl (C=O) groups excluding carboxylic acids is 3. The van der Waals surface area contributed by atoms with Gasteiger partial charge in [0.05, 0.1) is 12.7 Å². The van der Waals surface area contributed by atoms with E-state index in [-0.39, 0.29) is 11.8 Å². The number of anilines is 1. The summed E-state index contributed by atoms with van der Waals surface area (Å²) in [4.78, 5) is 35.1. The van der Waals surface area contributed by atoms with E-state index >= 15 is 0 Å². The Kier molecular flexibility index (Phi) is 4.57. The summed E-state index contributed by atoms with van der Waals surface area (Å²) < 4.78 is 4.68. The summed E-state index contributed by atoms with van der Waals surface area (Å²) in [5.74, 6) is -0.804. The van der Waals surface area contributed by atoms with Gasteiger partial charge in [-0.1, -0.05) is 6.92 Å². The zero-order valence-corrected chi connectivity index (χ0v) is 12.1. The zero-order valence-electron chi connectivity index (χ0n) is 12.1. The first-order chi connectivity index (χ1) is 10.0. The van der Waals surface area contributed by atoms with Gasteiger partial charge in [-0.15, -0.1) is 0 Å². The highest BCUT2D eigenvalue weighted by Crippen LogP contribution is 2.23. The van der Waals surface area contributed by atoms with Crippen molar-refractivity contribution in [1.82, 2.24) is 5.32 Å². The maximum Gasteiger partial charge on any atom is 0.337 e.